The highest BCUT2D eigenvalue weighted by atomic mass is 15.1. The van der Waals surface area contributed by atoms with E-state index < -0.39 is 0 Å². The zero-order valence-electron chi connectivity index (χ0n) is 19.3. The smallest absolute Gasteiger partial charge is 0.000672 e. The molecule has 4 N–H and O–H groups in total. The van der Waals surface area contributed by atoms with Crippen LogP contribution in [0, 0.1) is 0 Å². The van der Waals surface area contributed by atoms with Crippen LogP contribution in [-0.4, -0.2) is 37.6 Å². The fourth-order valence-corrected chi connectivity index (χ4v) is 3.71. The molecular formula is C25H53N3. The molecule has 0 saturated carbocycles. The normalized spacial score (nSPS) is 11.9. The molecule has 0 amide bonds. The van der Waals surface area contributed by atoms with Crippen LogP contribution in [0.2, 0.25) is 0 Å². The van der Waals surface area contributed by atoms with Crippen LogP contribution in [0.15, 0.2) is 12.2 Å². The largest absolute Gasteiger partial charge is 0.330 e. The molecule has 0 aliphatic rings. The van der Waals surface area contributed by atoms with E-state index in [1.807, 2.05) is 0 Å². The minimum Gasteiger partial charge on any atom is -0.330 e. The molecule has 0 aromatic heterocycles. The van der Waals surface area contributed by atoms with E-state index in [2.05, 4.69) is 24.0 Å². The van der Waals surface area contributed by atoms with Crippen molar-refractivity contribution in [2.24, 2.45) is 11.5 Å². The summed E-state index contributed by atoms with van der Waals surface area (Å²) in [5, 5.41) is 0. The fourth-order valence-electron chi connectivity index (χ4n) is 3.71. The summed E-state index contributed by atoms with van der Waals surface area (Å²) in [5.74, 6) is 0. The predicted octanol–water partition coefficient (Wildman–Crippen LogP) is 6.41. The molecule has 0 aliphatic carbocycles. The van der Waals surface area contributed by atoms with Gasteiger partial charge in [0.1, 0.15) is 0 Å². The van der Waals surface area contributed by atoms with Crippen LogP contribution in [-0.2, 0) is 0 Å². The van der Waals surface area contributed by atoms with Crippen molar-refractivity contribution >= 4 is 0 Å². The fraction of sp³-hybridized carbons (Fsp3) is 0.920. The standard InChI is InChI=1S/C25H53N3/c1-2-3-4-5-6-7-8-9-10-11-12-13-14-15-16-18-23-28(25-20-22-27)24-19-17-21-26/h9-10H,2-8,11-27H2,1H3/b10-9-. The summed E-state index contributed by atoms with van der Waals surface area (Å²) >= 11 is 0. The predicted molar refractivity (Wildman–Crippen MR) is 128 cm³/mol. The van der Waals surface area contributed by atoms with Crippen molar-refractivity contribution in [3.8, 4) is 0 Å². The molecule has 0 bridgehead atoms. The van der Waals surface area contributed by atoms with Crippen molar-refractivity contribution in [2.45, 2.75) is 116 Å². The number of nitrogens with two attached hydrogens (primary N) is 2. The molecule has 0 unspecified atom stereocenters. The Kier molecular flexibility index (Phi) is 24.3. The SMILES string of the molecule is CCCCCCCC/C=C\CCCCCCCCN(CCCN)CCCCN. The lowest BCUT2D eigenvalue weighted by Gasteiger charge is -2.22. The maximum atomic E-state index is 5.67. The lowest BCUT2D eigenvalue weighted by molar-refractivity contribution is 0.260. The molecule has 0 aliphatic heterocycles. The van der Waals surface area contributed by atoms with Gasteiger partial charge in [0.05, 0.1) is 0 Å². The second kappa shape index (κ2) is 24.7. The molecule has 3 nitrogen and oxygen atoms in total. The van der Waals surface area contributed by atoms with E-state index in [0.717, 1.165) is 32.5 Å². The third-order valence-electron chi connectivity index (χ3n) is 5.59. The molecule has 0 rings (SSSR count). The first-order valence-corrected chi connectivity index (χ1v) is 12.6. The Balaban J connectivity index is 3.38. The summed E-state index contributed by atoms with van der Waals surface area (Å²) in [4.78, 5) is 2.59. The van der Waals surface area contributed by atoms with Gasteiger partial charge in [-0.05, 0) is 84.1 Å². The molecule has 0 spiro atoms. The van der Waals surface area contributed by atoms with Gasteiger partial charge in [-0.25, -0.2) is 0 Å². The van der Waals surface area contributed by atoms with E-state index in [0.29, 0.717) is 0 Å². The number of hydrogen-bond acceptors (Lipinski definition) is 3. The number of unbranched alkanes of at least 4 members (excludes halogenated alkanes) is 13. The topological polar surface area (TPSA) is 55.3 Å². The van der Waals surface area contributed by atoms with Crippen LogP contribution in [0.1, 0.15) is 116 Å². The van der Waals surface area contributed by atoms with E-state index >= 15 is 0 Å². The highest BCUT2D eigenvalue weighted by Crippen LogP contribution is 2.10. The first-order valence-electron chi connectivity index (χ1n) is 12.6. The minimum absolute atomic E-state index is 0.806. The van der Waals surface area contributed by atoms with Gasteiger partial charge in [-0.1, -0.05) is 76.9 Å². The second-order valence-corrected chi connectivity index (χ2v) is 8.42. The molecular weight excluding hydrogens is 342 g/mol. The minimum atomic E-state index is 0.806. The van der Waals surface area contributed by atoms with E-state index in [1.165, 1.54) is 109 Å². The van der Waals surface area contributed by atoms with Gasteiger partial charge >= 0.3 is 0 Å². The van der Waals surface area contributed by atoms with Crippen LogP contribution in [0.3, 0.4) is 0 Å². The molecule has 168 valence electrons. The van der Waals surface area contributed by atoms with Crippen molar-refractivity contribution < 1.29 is 0 Å². The Hall–Kier alpha value is -0.380. The monoisotopic (exact) mass is 395 g/mol. The summed E-state index contributed by atoms with van der Waals surface area (Å²) in [6, 6.07) is 0. The number of rotatable bonds is 23. The quantitative estimate of drug-likeness (QED) is 0.155. The summed E-state index contributed by atoms with van der Waals surface area (Å²) in [6.45, 7) is 7.51. The molecule has 0 aromatic rings. The Morgan fingerprint density at radius 3 is 1.46 bits per heavy atom. The van der Waals surface area contributed by atoms with Crippen molar-refractivity contribution in [2.75, 3.05) is 32.7 Å². The molecule has 0 radical (unpaired) electrons. The third-order valence-corrected chi connectivity index (χ3v) is 5.59. The first-order chi connectivity index (χ1) is 13.8. The first kappa shape index (κ1) is 27.6. The Bertz CT molecular complexity index is 304. The number of hydrogen-bond donors (Lipinski definition) is 2. The molecule has 28 heavy (non-hydrogen) atoms. The molecule has 3 heteroatoms. The molecule has 0 heterocycles. The highest BCUT2D eigenvalue weighted by molar-refractivity contribution is 4.81. The lowest BCUT2D eigenvalue weighted by Crippen LogP contribution is -2.29. The van der Waals surface area contributed by atoms with Crippen LogP contribution in [0.5, 0.6) is 0 Å². The third kappa shape index (κ3) is 21.9. The second-order valence-electron chi connectivity index (χ2n) is 8.42. The van der Waals surface area contributed by atoms with Gasteiger partial charge in [-0.2, -0.15) is 0 Å². The van der Waals surface area contributed by atoms with Crippen LogP contribution in [0.25, 0.3) is 0 Å². The summed E-state index contributed by atoms with van der Waals surface area (Å²) in [7, 11) is 0. The van der Waals surface area contributed by atoms with Crippen molar-refractivity contribution in [1.29, 1.82) is 0 Å². The van der Waals surface area contributed by atoms with Crippen molar-refractivity contribution in [3.05, 3.63) is 12.2 Å². The van der Waals surface area contributed by atoms with E-state index in [1.54, 1.807) is 0 Å². The van der Waals surface area contributed by atoms with Crippen LogP contribution < -0.4 is 11.5 Å². The van der Waals surface area contributed by atoms with E-state index in [4.69, 9.17) is 11.5 Å². The molecule has 0 fully saturated rings. The Labute approximate surface area is 177 Å². The van der Waals surface area contributed by atoms with Gasteiger partial charge in [-0.3, -0.25) is 0 Å². The number of allylic oxidation sites excluding steroid dienone is 2. The molecule has 0 saturated heterocycles. The van der Waals surface area contributed by atoms with Crippen molar-refractivity contribution in [3.63, 3.8) is 0 Å². The maximum Gasteiger partial charge on any atom is -0.000672 e. The van der Waals surface area contributed by atoms with E-state index in [-0.39, 0.29) is 0 Å². The molecule has 0 aromatic carbocycles. The summed E-state index contributed by atoms with van der Waals surface area (Å²) in [5.41, 5.74) is 11.3. The highest BCUT2D eigenvalue weighted by Gasteiger charge is 2.03. The van der Waals surface area contributed by atoms with Gasteiger partial charge in [0.25, 0.3) is 0 Å². The van der Waals surface area contributed by atoms with Crippen LogP contribution >= 0.6 is 0 Å². The zero-order valence-corrected chi connectivity index (χ0v) is 19.3. The summed E-state index contributed by atoms with van der Waals surface area (Å²) in [6.07, 6.45) is 27.6. The molecule has 0 atom stereocenters. The van der Waals surface area contributed by atoms with Gasteiger partial charge in [-0.15, -0.1) is 0 Å². The van der Waals surface area contributed by atoms with Gasteiger partial charge in [0, 0.05) is 0 Å². The van der Waals surface area contributed by atoms with Crippen LogP contribution in [0.4, 0.5) is 0 Å². The number of nitrogens with zero attached hydrogens (tertiary/aromatic N) is 1. The lowest BCUT2D eigenvalue weighted by atomic mass is 10.1. The average molecular weight is 396 g/mol. The Morgan fingerprint density at radius 2 is 0.929 bits per heavy atom. The Morgan fingerprint density at radius 1 is 0.500 bits per heavy atom. The zero-order chi connectivity index (χ0) is 20.5. The van der Waals surface area contributed by atoms with Crippen molar-refractivity contribution in [1.82, 2.24) is 4.90 Å². The maximum absolute atomic E-state index is 5.67. The van der Waals surface area contributed by atoms with Gasteiger partial charge < -0.3 is 16.4 Å². The summed E-state index contributed by atoms with van der Waals surface area (Å²) < 4.78 is 0. The van der Waals surface area contributed by atoms with Gasteiger partial charge in [0.15, 0.2) is 0 Å². The van der Waals surface area contributed by atoms with E-state index in [9.17, 15) is 0 Å². The average Bonchev–Trinajstić information content (AvgIpc) is 2.71. The van der Waals surface area contributed by atoms with Gasteiger partial charge in [0.2, 0.25) is 0 Å².